The molecule has 0 aromatic carbocycles. The van der Waals surface area contributed by atoms with E-state index in [1.165, 1.54) is 0 Å². The van der Waals surface area contributed by atoms with Crippen LogP contribution in [-0.4, -0.2) is 45.1 Å². The number of nitrogens with one attached hydrogen (secondary N) is 1. The largest absolute Gasteiger partial charge is 0.409 e. The van der Waals surface area contributed by atoms with Crippen molar-refractivity contribution in [3.05, 3.63) is 18.0 Å². The highest BCUT2D eigenvalue weighted by atomic mass is 16.4. The van der Waals surface area contributed by atoms with Crippen LogP contribution in [-0.2, 0) is 0 Å². The number of H-pyrrole nitrogens is 1. The molecule has 1 saturated heterocycles. The number of nitrogens with zero attached hydrogens (tertiary/aromatic N) is 3. The second-order valence-corrected chi connectivity index (χ2v) is 4.81. The van der Waals surface area contributed by atoms with Crippen molar-refractivity contribution < 1.29 is 10.0 Å². The Morgan fingerprint density at radius 1 is 1.61 bits per heavy atom. The van der Waals surface area contributed by atoms with E-state index in [0.717, 1.165) is 0 Å². The van der Waals surface area contributed by atoms with Crippen LogP contribution in [0.5, 0.6) is 0 Å². The molecule has 98 valence electrons. The highest BCUT2D eigenvalue weighted by Gasteiger charge is 2.35. The average Bonchev–Trinajstić information content (AvgIpc) is 2.91. The second kappa shape index (κ2) is 4.67. The molecule has 0 spiro atoms. The molecule has 7 nitrogen and oxygen atoms in total. The van der Waals surface area contributed by atoms with Gasteiger partial charge >= 0.3 is 0 Å². The number of aromatic nitrogens is 2. The van der Waals surface area contributed by atoms with Gasteiger partial charge in [0, 0.05) is 24.7 Å². The molecule has 1 amide bonds. The van der Waals surface area contributed by atoms with Gasteiger partial charge in [0.15, 0.2) is 0 Å². The summed E-state index contributed by atoms with van der Waals surface area (Å²) in [5.74, 6) is 0.171. The van der Waals surface area contributed by atoms with Gasteiger partial charge in [-0.15, -0.1) is 0 Å². The molecule has 0 unspecified atom stereocenters. The summed E-state index contributed by atoms with van der Waals surface area (Å²) in [5, 5.41) is 18.2. The molecule has 0 aliphatic carbocycles. The molecule has 2 heterocycles. The third kappa shape index (κ3) is 2.15. The van der Waals surface area contributed by atoms with Crippen molar-refractivity contribution in [2.24, 2.45) is 16.3 Å². The van der Waals surface area contributed by atoms with Gasteiger partial charge in [0.1, 0.15) is 11.5 Å². The second-order valence-electron chi connectivity index (χ2n) is 4.81. The maximum atomic E-state index is 12.1. The Kier molecular flexibility index (Phi) is 3.22. The number of aromatic amines is 1. The number of rotatable bonds is 2. The summed E-state index contributed by atoms with van der Waals surface area (Å²) in [4.78, 5) is 13.8. The monoisotopic (exact) mass is 251 g/mol. The predicted octanol–water partition coefficient (Wildman–Crippen LogP) is 0.398. The van der Waals surface area contributed by atoms with Crippen LogP contribution in [0.1, 0.15) is 30.3 Å². The van der Waals surface area contributed by atoms with Crippen molar-refractivity contribution in [1.82, 2.24) is 15.1 Å². The Labute approximate surface area is 105 Å². The van der Waals surface area contributed by atoms with Gasteiger partial charge in [-0.3, -0.25) is 9.89 Å². The molecule has 0 atom stereocenters. The van der Waals surface area contributed by atoms with Gasteiger partial charge in [0.2, 0.25) is 0 Å². The fourth-order valence-corrected chi connectivity index (χ4v) is 2.13. The lowest BCUT2D eigenvalue weighted by Crippen LogP contribution is -2.47. The lowest BCUT2D eigenvalue weighted by atomic mass is 9.79. The number of oxime groups is 1. The normalized spacial score (nSPS) is 19.8. The number of carbonyl (C=O) groups is 1. The van der Waals surface area contributed by atoms with Crippen molar-refractivity contribution in [3.63, 3.8) is 0 Å². The van der Waals surface area contributed by atoms with Gasteiger partial charge in [-0.25, -0.2) is 0 Å². The van der Waals surface area contributed by atoms with Crippen LogP contribution in [0.4, 0.5) is 0 Å². The summed E-state index contributed by atoms with van der Waals surface area (Å²) in [6.07, 6.45) is 2.92. The molecule has 1 aliphatic heterocycles. The molecule has 0 bridgehead atoms. The fraction of sp³-hybridized carbons (Fsp3) is 0.545. The van der Waals surface area contributed by atoms with Crippen LogP contribution in [0, 0.1) is 5.41 Å². The third-order valence-corrected chi connectivity index (χ3v) is 3.61. The van der Waals surface area contributed by atoms with Gasteiger partial charge in [-0.05, 0) is 18.9 Å². The van der Waals surface area contributed by atoms with Crippen molar-refractivity contribution in [1.29, 1.82) is 0 Å². The highest BCUT2D eigenvalue weighted by Crippen LogP contribution is 2.31. The molecule has 1 aromatic rings. The Bertz CT molecular complexity index is 446. The summed E-state index contributed by atoms with van der Waals surface area (Å²) in [7, 11) is 0. The first-order chi connectivity index (χ1) is 8.57. The van der Waals surface area contributed by atoms with Crippen molar-refractivity contribution in [2.45, 2.75) is 19.8 Å². The Morgan fingerprint density at radius 2 is 2.28 bits per heavy atom. The molecule has 0 saturated carbocycles. The van der Waals surface area contributed by atoms with Crippen LogP contribution in [0.3, 0.4) is 0 Å². The number of hydrogen-bond acceptors (Lipinski definition) is 4. The first-order valence-corrected chi connectivity index (χ1v) is 5.83. The van der Waals surface area contributed by atoms with E-state index >= 15 is 0 Å². The van der Waals surface area contributed by atoms with E-state index in [-0.39, 0.29) is 17.2 Å². The molecule has 0 radical (unpaired) electrons. The smallest absolute Gasteiger partial charge is 0.271 e. The maximum absolute atomic E-state index is 12.1. The maximum Gasteiger partial charge on any atom is 0.271 e. The first kappa shape index (κ1) is 12.4. The number of amidine groups is 1. The zero-order valence-electron chi connectivity index (χ0n) is 10.3. The van der Waals surface area contributed by atoms with E-state index < -0.39 is 0 Å². The van der Waals surface area contributed by atoms with Crippen molar-refractivity contribution in [3.8, 4) is 0 Å². The molecule has 18 heavy (non-hydrogen) atoms. The summed E-state index contributed by atoms with van der Waals surface area (Å²) < 4.78 is 0. The fourth-order valence-electron chi connectivity index (χ4n) is 2.13. The summed E-state index contributed by atoms with van der Waals surface area (Å²) >= 11 is 0. The van der Waals surface area contributed by atoms with Crippen LogP contribution < -0.4 is 5.73 Å². The zero-order chi connectivity index (χ0) is 13.2. The van der Waals surface area contributed by atoms with Crippen LogP contribution >= 0.6 is 0 Å². The minimum Gasteiger partial charge on any atom is -0.409 e. The quantitative estimate of drug-likeness (QED) is 0.306. The number of carbonyl (C=O) groups excluding carboxylic acids is 1. The third-order valence-electron chi connectivity index (χ3n) is 3.61. The molecular weight excluding hydrogens is 234 g/mol. The minimum absolute atomic E-state index is 0.0611. The standard InChI is InChI=1S/C11H17N5O2/c1-11(10(12)15-18)3-6-16(7-4-11)9(17)8-2-5-13-14-8/h2,5,18H,3-4,6-7H2,1H3,(H2,12,15)(H,13,14). The zero-order valence-corrected chi connectivity index (χ0v) is 10.3. The van der Waals surface area contributed by atoms with Crippen LogP contribution in [0.25, 0.3) is 0 Å². The van der Waals surface area contributed by atoms with Gasteiger partial charge < -0.3 is 15.8 Å². The molecule has 1 fully saturated rings. The Hall–Kier alpha value is -2.05. The number of hydrogen-bond donors (Lipinski definition) is 3. The average molecular weight is 251 g/mol. The van der Waals surface area contributed by atoms with Gasteiger partial charge in [-0.2, -0.15) is 5.10 Å². The molecule has 1 aromatic heterocycles. The SMILES string of the molecule is CC1(/C(N)=N/O)CCN(C(=O)c2ccn[nH]2)CC1. The lowest BCUT2D eigenvalue weighted by Gasteiger charge is -2.38. The van der Waals surface area contributed by atoms with E-state index in [4.69, 9.17) is 10.9 Å². The van der Waals surface area contributed by atoms with E-state index in [1.54, 1.807) is 17.2 Å². The summed E-state index contributed by atoms with van der Waals surface area (Å²) in [5.41, 5.74) is 5.83. The Balaban J connectivity index is 2.01. The van der Waals surface area contributed by atoms with E-state index in [1.807, 2.05) is 6.92 Å². The van der Waals surface area contributed by atoms with E-state index in [9.17, 15) is 4.79 Å². The van der Waals surface area contributed by atoms with Crippen molar-refractivity contribution in [2.75, 3.05) is 13.1 Å². The predicted molar refractivity (Wildman–Crippen MR) is 65.2 cm³/mol. The number of likely N-dealkylation sites (tertiary alicyclic amines) is 1. The van der Waals surface area contributed by atoms with Gasteiger partial charge in [-0.1, -0.05) is 12.1 Å². The molecule has 7 heteroatoms. The Morgan fingerprint density at radius 3 is 2.78 bits per heavy atom. The molecular formula is C11H17N5O2. The number of amides is 1. The lowest BCUT2D eigenvalue weighted by molar-refractivity contribution is 0.0660. The summed E-state index contributed by atoms with van der Waals surface area (Å²) in [6, 6.07) is 1.65. The topological polar surface area (TPSA) is 108 Å². The molecule has 4 N–H and O–H groups in total. The molecule has 1 aliphatic rings. The van der Waals surface area contributed by atoms with E-state index in [2.05, 4.69) is 15.4 Å². The number of nitrogens with two attached hydrogens (primary N) is 1. The number of piperidine rings is 1. The summed E-state index contributed by atoms with van der Waals surface area (Å²) in [6.45, 7) is 3.12. The van der Waals surface area contributed by atoms with E-state index in [0.29, 0.717) is 31.6 Å². The van der Waals surface area contributed by atoms with Gasteiger partial charge in [0.05, 0.1) is 0 Å². The van der Waals surface area contributed by atoms with Crippen molar-refractivity contribution >= 4 is 11.7 Å². The molecule has 2 rings (SSSR count). The van der Waals surface area contributed by atoms with Gasteiger partial charge in [0.25, 0.3) is 5.91 Å². The minimum atomic E-state index is -0.334. The highest BCUT2D eigenvalue weighted by molar-refractivity contribution is 5.92. The first-order valence-electron chi connectivity index (χ1n) is 5.83. The van der Waals surface area contributed by atoms with Crippen LogP contribution in [0.2, 0.25) is 0 Å². The van der Waals surface area contributed by atoms with Crippen LogP contribution in [0.15, 0.2) is 17.4 Å².